The van der Waals surface area contributed by atoms with Gasteiger partial charge in [0.25, 0.3) is 0 Å². The molecule has 3 rings (SSSR count). The van der Waals surface area contributed by atoms with Crippen molar-refractivity contribution in [1.82, 2.24) is 5.32 Å². The van der Waals surface area contributed by atoms with Gasteiger partial charge in [0, 0.05) is 6.04 Å². The molecule has 2 aliphatic carbocycles. The smallest absolute Gasteiger partial charge is 0.116 e. The van der Waals surface area contributed by atoms with Crippen LogP contribution in [0.25, 0.3) is 0 Å². The predicted molar refractivity (Wildman–Crippen MR) is 64.1 cm³/mol. The van der Waals surface area contributed by atoms with E-state index in [1.54, 1.807) is 0 Å². The Labute approximate surface area is 98.2 Å². The zero-order chi connectivity index (χ0) is 11.0. The molecule has 0 amide bonds. The van der Waals surface area contributed by atoms with Gasteiger partial charge in [-0.05, 0) is 62.8 Å². The van der Waals surface area contributed by atoms with Gasteiger partial charge in [-0.2, -0.15) is 0 Å². The molecule has 3 aliphatic rings. The van der Waals surface area contributed by atoms with Crippen molar-refractivity contribution in [1.29, 1.82) is 0 Å². The fraction of sp³-hybridized carbons (Fsp3) is 1.00. The van der Waals surface area contributed by atoms with Gasteiger partial charge < -0.3 is 5.32 Å². The van der Waals surface area contributed by atoms with Crippen LogP contribution in [0.4, 0.5) is 4.39 Å². The lowest BCUT2D eigenvalue weighted by molar-refractivity contribution is 0.160. The van der Waals surface area contributed by atoms with Crippen molar-refractivity contribution in [3.05, 3.63) is 0 Å². The maximum Gasteiger partial charge on any atom is 0.116 e. The van der Waals surface area contributed by atoms with Gasteiger partial charge in [0.2, 0.25) is 0 Å². The van der Waals surface area contributed by atoms with E-state index in [9.17, 15) is 4.39 Å². The van der Waals surface area contributed by atoms with E-state index in [2.05, 4.69) is 5.32 Å². The Kier molecular flexibility index (Phi) is 3.19. The maximum atomic E-state index is 14.2. The number of halogens is 1. The molecule has 1 heterocycles. The zero-order valence-electron chi connectivity index (χ0n) is 10.1. The molecule has 5 atom stereocenters. The van der Waals surface area contributed by atoms with Gasteiger partial charge in [0.05, 0.1) is 0 Å². The topological polar surface area (TPSA) is 12.0 Å². The van der Waals surface area contributed by atoms with E-state index in [-0.39, 0.29) is 6.04 Å². The van der Waals surface area contributed by atoms with E-state index in [1.807, 2.05) is 0 Å². The molecule has 1 N–H and O–H groups in total. The molecule has 1 aliphatic heterocycles. The molecule has 0 radical (unpaired) electrons. The standard InChI is InChI=1S/C14H24FN/c15-13(14-3-1-2-6-16-14)9-12-8-10-4-5-11(12)7-10/h10-14,16H,1-9H2. The molecule has 1 nitrogen and oxygen atoms in total. The van der Waals surface area contributed by atoms with Crippen molar-refractivity contribution in [2.75, 3.05) is 6.54 Å². The number of hydrogen-bond acceptors (Lipinski definition) is 1. The molecule has 5 unspecified atom stereocenters. The van der Waals surface area contributed by atoms with Crippen LogP contribution in [0.3, 0.4) is 0 Å². The van der Waals surface area contributed by atoms with Crippen molar-refractivity contribution in [3.8, 4) is 0 Å². The molecule has 0 aromatic heterocycles. The van der Waals surface area contributed by atoms with Crippen LogP contribution in [0.5, 0.6) is 0 Å². The quantitative estimate of drug-likeness (QED) is 0.777. The highest BCUT2D eigenvalue weighted by Crippen LogP contribution is 2.50. The minimum absolute atomic E-state index is 0.174. The Morgan fingerprint density at radius 1 is 1.12 bits per heavy atom. The minimum atomic E-state index is -0.579. The van der Waals surface area contributed by atoms with Gasteiger partial charge in [-0.25, -0.2) is 4.39 Å². The number of hydrogen-bond donors (Lipinski definition) is 1. The summed E-state index contributed by atoms with van der Waals surface area (Å²) < 4.78 is 14.2. The number of piperidine rings is 1. The van der Waals surface area contributed by atoms with Crippen LogP contribution in [0.1, 0.15) is 51.4 Å². The van der Waals surface area contributed by atoms with Crippen LogP contribution < -0.4 is 5.32 Å². The average molecular weight is 225 g/mol. The normalized spacial score (nSPS) is 44.8. The molecule has 2 bridgehead atoms. The van der Waals surface area contributed by atoms with Crippen LogP contribution in [-0.2, 0) is 0 Å². The van der Waals surface area contributed by atoms with E-state index in [0.717, 1.165) is 37.1 Å². The SMILES string of the molecule is FC(CC1CC2CCC1C2)C1CCCCN1. The first-order valence-electron chi connectivity index (χ1n) is 7.20. The van der Waals surface area contributed by atoms with Crippen molar-refractivity contribution in [2.24, 2.45) is 17.8 Å². The Bertz CT molecular complexity index is 237. The first-order valence-corrected chi connectivity index (χ1v) is 7.20. The van der Waals surface area contributed by atoms with Gasteiger partial charge in [0.15, 0.2) is 0 Å². The third-order valence-electron chi connectivity index (χ3n) is 5.20. The number of rotatable bonds is 3. The number of nitrogens with one attached hydrogen (secondary N) is 1. The Morgan fingerprint density at radius 2 is 2.06 bits per heavy atom. The molecule has 2 saturated carbocycles. The van der Waals surface area contributed by atoms with Gasteiger partial charge in [-0.15, -0.1) is 0 Å². The second-order valence-electron chi connectivity index (χ2n) is 6.24. The number of fused-ring (bicyclic) bond motifs is 2. The highest BCUT2D eigenvalue weighted by molar-refractivity contribution is 4.92. The summed E-state index contributed by atoms with van der Waals surface area (Å²) in [6, 6.07) is 0.174. The second-order valence-corrected chi connectivity index (χ2v) is 6.24. The zero-order valence-corrected chi connectivity index (χ0v) is 10.1. The molecule has 1 saturated heterocycles. The Morgan fingerprint density at radius 3 is 2.69 bits per heavy atom. The lowest BCUT2D eigenvalue weighted by atomic mass is 9.83. The van der Waals surface area contributed by atoms with Crippen LogP contribution >= 0.6 is 0 Å². The maximum absolute atomic E-state index is 14.2. The summed E-state index contributed by atoms with van der Waals surface area (Å²) >= 11 is 0. The van der Waals surface area contributed by atoms with E-state index >= 15 is 0 Å². The monoisotopic (exact) mass is 225 g/mol. The van der Waals surface area contributed by atoms with Gasteiger partial charge >= 0.3 is 0 Å². The van der Waals surface area contributed by atoms with E-state index in [0.29, 0.717) is 0 Å². The van der Waals surface area contributed by atoms with Gasteiger partial charge in [-0.3, -0.25) is 0 Å². The molecular formula is C14H24FN. The largest absolute Gasteiger partial charge is 0.311 e. The van der Waals surface area contributed by atoms with E-state index in [1.165, 1.54) is 38.5 Å². The summed E-state index contributed by atoms with van der Waals surface area (Å²) in [4.78, 5) is 0. The van der Waals surface area contributed by atoms with Crippen LogP contribution in [0, 0.1) is 17.8 Å². The first-order chi connectivity index (χ1) is 7.83. The van der Waals surface area contributed by atoms with Crippen molar-refractivity contribution in [3.63, 3.8) is 0 Å². The molecule has 16 heavy (non-hydrogen) atoms. The Hall–Kier alpha value is -0.110. The highest BCUT2D eigenvalue weighted by Gasteiger charge is 2.41. The van der Waals surface area contributed by atoms with Crippen LogP contribution in [-0.4, -0.2) is 18.8 Å². The summed E-state index contributed by atoms with van der Waals surface area (Å²) in [5, 5.41) is 3.36. The fourth-order valence-electron chi connectivity index (χ4n) is 4.31. The summed E-state index contributed by atoms with van der Waals surface area (Å²) in [7, 11) is 0. The van der Waals surface area contributed by atoms with Gasteiger partial charge in [-0.1, -0.05) is 12.8 Å². The first kappa shape index (κ1) is 11.0. The predicted octanol–water partition coefficient (Wildman–Crippen LogP) is 3.29. The lowest BCUT2D eigenvalue weighted by Gasteiger charge is -2.30. The Balaban J connectivity index is 1.50. The molecule has 0 spiro atoms. The lowest BCUT2D eigenvalue weighted by Crippen LogP contribution is -2.42. The molecular weight excluding hydrogens is 201 g/mol. The summed E-state index contributed by atoms with van der Waals surface area (Å²) in [6.07, 6.45) is 9.34. The van der Waals surface area contributed by atoms with E-state index in [4.69, 9.17) is 0 Å². The fourth-order valence-corrected chi connectivity index (χ4v) is 4.31. The third-order valence-corrected chi connectivity index (χ3v) is 5.20. The molecule has 0 aromatic carbocycles. The number of alkyl halides is 1. The molecule has 2 heteroatoms. The second kappa shape index (κ2) is 4.64. The van der Waals surface area contributed by atoms with Crippen molar-refractivity contribution >= 4 is 0 Å². The van der Waals surface area contributed by atoms with Crippen molar-refractivity contribution < 1.29 is 4.39 Å². The summed E-state index contributed by atoms with van der Waals surface area (Å²) in [5.74, 6) is 2.56. The molecule has 3 fully saturated rings. The van der Waals surface area contributed by atoms with Crippen molar-refractivity contribution in [2.45, 2.75) is 63.6 Å². The van der Waals surface area contributed by atoms with Crippen LogP contribution in [0.15, 0.2) is 0 Å². The average Bonchev–Trinajstić information content (AvgIpc) is 2.92. The molecule has 0 aromatic rings. The minimum Gasteiger partial charge on any atom is -0.311 e. The van der Waals surface area contributed by atoms with Gasteiger partial charge in [0.1, 0.15) is 6.17 Å². The third kappa shape index (κ3) is 2.13. The van der Waals surface area contributed by atoms with Crippen LogP contribution in [0.2, 0.25) is 0 Å². The summed E-state index contributed by atoms with van der Waals surface area (Å²) in [5.41, 5.74) is 0. The molecule has 92 valence electrons. The summed E-state index contributed by atoms with van der Waals surface area (Å²) in [6.45, 7) is 1.03. The van der Waals surface area contributed by atoms with E-state index < -0.39 is 6.17 Å². The highest BCUT2D eigenvalue weighted by atomic mass is 19.1.